The van der Waals surface area contributed by atoms with Gasteiger partial charge in [-0.1, -0.05) is 103 Å². The van der Waals surface area contributed by atoms with E-state index in [4.69, 9.17) is 0 Å². The van der Waals surface area contributed by atoms with E-state index in [0.717, 1.165) is 18.8 Å². The Balaban J connectivity index is 3.47. The zero-order chi connectivity index (χ0) is 24.4. The summed E-state index contributed by atoms with van der Waals surface area (Å²) in [7, 11) is 5.93. The van der Waals surface area contributed by atoms with Crippen LogP contribution in [-0.2, 0) is 9.53 Å². The van der Waals surface area contributed by atoms with Gasteiger partial charge in [0.1, 0.15) is 0 Å². The van der Waals surface area contributed by atoms with E-state index in [1.165, 1.54) is 129 Å². The molecule has 0 aliphatic heterocycles. The number of hydrogen-bond acceptors (Lipinski definition) is 3. The zero-order valence-electron chi connectivity index (χ0n) is 23.1. The molecule has 1 atom stereocenters. The van der Waals surface area contributed by atoms with Crippen LogP contribution in [0.2, 0.25) is 0 Å². The van der Waals surface area contributed by atoms with Crippen LogP contribution in [0.3, 0.4) is 0 Å². The fourth-order valence-electron chi connectivity index (χ4n) is 4.68. The number of carbonyl (C=O) groups is 1. The minimum Gasteiger partial charge on any atom is -0.469 e. The molecule has 0 aromatic heterocycles. The smallest absolute Gasteiger partial charge is 0.305 e. The number of rotatable bonds is 25. The molecule has 0 bridgehead atoms. The lowest BCUT2D eigenvalue weighted by molar-refractivity contribution is -0.140. The van der Waals surface area contributed by atoms with Crippen LogP contribution in [0.5, 0.6) is 0 Å². The molecule has 0 radical (unpaired) electrons. The average molecular weight is 466 g/mol. The van der Waals surface area contributed by atoms with Gasteiger partial charge in [-0.15, -0.1) is 0 Å². The molecule has 0 fully saturated rings. The lowest BCUT2D eigenvalue weighted by atomic mass is 9.93. The Labute approximate surface area is 208 Å². The summed E-state index contributed by atoms with van der Waals surface area (Å²) in [6, 6.07) is 0. The van der Waals surface area contributed by atoms with Crippen molar-refractivity contribution < 1.29 is 9.53 Å². The molecular weight excluding hydrogens is 406 g/mol. The molecule has 33 heavy (non-hydrogen) atoms. The second kappa shape index (κ2) is 25.8. The van der Waals surface area contributed by atoms with Gasteiger partial charge < -0.3 is 9.64 Å². The van der Waals surface area contributed by atoms with Crippen LogP contribution in [0, 0.1) is 5.92 Å². The Kier molecular flexibility index (Phi) is 25.1. The summed E-state index contributed by atoms with van der Waals surface area (Å²) >= 11 is 0. The van der Waals surface area contributed by atoms with Crippen LogP contribution in [0.4, 0.5) is 0 Å². The van der Waals surface area contributed by atoms with E-state index in [2.05, 4.69) is 42.8 Å². The van der Waals surface area contributed by atoms with Gasteiger partial charge in [-0.2, -0.15) is 0 Å². The minimum absolute atomic E-state index is 0.0740. The molecule has 0 N–H and O–H groups in total. The number of unbranched alkanes of at least 4 members (excludes halogenated alkanes) is 15. The maximum atomic E-state index is 11.0. The van der Waals surface area contributed by atoms with Crippen molar-refractivity contribution in [3.8, 4) is 0 Å². The van der Waals surface area contributed by atoms with Gasteiger partial charge in [0.05, 0.1) is 7.11 Å². The van der Waals surface area contributed by atoms with E-state index >= 15 is 0 Å². The molecule has 0 aliphatic carbocycles. The van der Waals surface area contributed by atoms with Gasteiger partial charge in [0.25, 0.3) is 0 Å². The molecule has 0 spiro atoms. The van der Waals surface area contributed by atoms with Crippen molar-refractivity contribution in [2.75, 3.05) is 27.7 Å². The Morgan fingerprint density at radius 2 is 1.15 bits per heavy atom. The van der Waals surface area contributed by atoms with Gasteiger partial charge in [-0.3, -0.25) is 4.79 Å². The Bertz CT molecular complexity index is 433. The summed E-state index contributed by atoms with van der Waals surface area (Å²) in [5.41, 5.74) is 0. The molecule has 1 unspecified atom stereocenters. The second-order valence-corrected chi connectivity index (χ2v) is 10.4. The minimum atomic E-state index is -0.0740. The van der Waals surface area contributed by atoms with Crippen LogP contribution < -0.4 is 0 Å². The predicted octanol–water partition coefficient (Wildman–Crippen LogP) is 9.11. The van der Waals surface area contributed by atoms with E-state index in [1.54, 1.807) is 0 Å². The van der Waals surface area contributed by atoms with Gasteiger partial charge >= 0.3 is 5.97 Å². The Morgan fingerprint density at radius 1 is 0.697 bits per heavy atom. The van der Waals surface area contributed by atoms with Gasteiger partial charge in [0.2, 0.25) is 0 Å². The average Bonchev–Trinajstić information content (AvgIpc) is 2.80. The fraction of sp³-hybridized carbons (Fsp3) is 0.900. The number of carbonyl (C=O) groups excluding carboxylic acids is 1. The van der Waals surface area contributed by atoms with Gasteiger partial charge in [-0.25, -0.2) is 0 Å². The van der Waals surface area contributed by atoms with E-state index in [0.29, 0.717) is 6.42 Å². The summed E-state index contributed by atoms with van der Waals surface area (Å²) < 4.78 is 4.67. The molecular formula is C30H59NO2. The molecule has 196 valence electrons. The number of allylic oxidation sites excluding steroid dienone is 2. The maximum Gasteiger partial charge on any atom is 0.305 e. The number of hydrogen-bond donors (Lipinski definition) is 0. The SMILES string of the molecule is CCCCCCCC(CCCCCCCCC=CCCCCCCCC(=O)OC)CN(C)C. The normalized spacial score (nSPS) is 12.6. The molecule has 0 saturated heterocycles. The zero-order valence-corrected chi connectivity index (χ0v) is 23.1. The highest BCUT2D eigenvalue weighted by Crippen LogP contribution is 2.20. The highest BCUT2D eigenvalue weighted by molar-refractivity contribution is 5.68. The number of esters is 1. The Hall–Kier alpha value is -0.830. The number of methoxy groups -OCH3 is 1. The summed E-state index contributed by atoms with van der Waals surface area (Å²) in [5.74, 6) is 0.835. The summed E-state index contributed by atoms with van der Waals surface area (Å²) in [6.07, 6.45) is 32.1. The monoisotopic (exact) mass is 465 g/mol. The van der Waals surface area contributed by atoms with Crippen molar-refractivity contribution in [2.45, 2.75) is 142 Å². The van der Waals surface area contributed by atoms with Crippen LogP contribution in [0.25, 0.3) is 0 Å². The number of nitrogens with zero attached hydrogens (tertiary/aromatic N) is 1. The largest absolute Gasteiger partial charge is 0.469 e. The lowest BCUT2D eigenvalue weighted by Gasteiger charge is -2.21. The van der Waals surface area contributed by atoms with Crippen molar-refractivity contribution in [3.63, 3.8) is 0 Å². The quantitative estimate of drug-likeness (QED) is 0.0764. The predicted molar refractivity (Wildman–Crippen MR) is 146 cm³/mol. The first kappa shape index (κ1) is 32.2. The third-order valence-electron chi connectivity index (χ3n) is 6.72. The van der Waals surface area contributed by atoms with Crippen LogP contribution in [0.1, 0.15) is 142 Å². The molecule has 0 saturated carbocycles. The molecule has 0 aromatic rings. The van der Waals surface area contributed by atoms with Crippen LogP contribution >= 0.6 is 0 Å². The lowest BCUT2D eigenvalue weighted by Crippen LogP contribution is -2.21. The van der Waals surface area contributed by atoms with Gasteiger partial charge in [0, 0.05) is 13.0 Å². The highest BCUT2D eigenvalue weighted by Gasteiger charge is 2.09. The molecule has 3 nitrogen and oxygen atoms in total. The molecule has 0 aliphatic rings. The Morgan fingerprint density at radius 3 is 1.64 bits per heavy atom. The van der Waals surface area contributed by atoms with E-state index in [9.17, 15) is 4.79 Å². The first-order valence-electron chi connectivity index (χ1n) is 14.5. The third-order valence-corrected chi connectivity index (χ3v) is 6.72. The molecule has 0 amide bonds. The summed E-state index contributed by atoms with van der Waals surface area (Å²) in [6.45, 7) is 3.57. The van der Waals surface area contributed by atoms with Crippen molar-refractivity contribution in [1.29, 1.82) is 0 Å². The summed E-state index contributed by atoms with van der Waals surface area (Å²) in [4.78, 5) is 13.4. The molecule has 0 heterocycles. The van der Waals surface area contributed by atoms with E-state index in [-0.39, 0.29) is 5.97 Å². The third kappa shape index (κ3) is 25.6. The number of ether oxygens (including phenoxy) is 1. The van der Waals surface area contributed by atoms with Crippen molar-refractivity contribution in [1.82, 2.24) is 4.90 Å². The first-order chi connectivity index (χ1) is 16.1. The first-order valence-corrected chi connectivity index (χ1v) is 14.5. The maximum absolute atomic E-state index is 11.0. The summed E-state index contributed by atoms with van der Waals surface area (Å²) in [5, 5.41) is 0. The van der Waals surface area contributed by atoms with Crippen LogP contribution in [0.15, 0.2) is 12.2 Å². The van der Waals surface area contributed by atoms with E-state index < -0.39 is 0 Å². The molecule has 3 heteroatoms. The van der Waals surface area contributed by atoms with Gasteiger partial charge in [-0.05, 0) is 65.0 Å². The standard InChI is InChI=1S/C30H59NO2/c1-5-6-7-19-22-25-29(28-31(2)3)26-23-20-17-15-13-11-9-8-10-12-14-16-18-21-24-27-30(32)33-4/h8,10,29H,5-7,9,11-28H2,1-4H3. The van der Waals surface area contributed by atoms with Crippen LogP contribution in [-0.4, -0.2) is 38.6 Å². The highest BCUT2D eigenvalue weighted by atomic mass is 16.5. The van der Waals surface area contributed by atoms with E-state index in [1.807, 2.05) is 0 Å². The van der Waals surface area contributed by atoms with Crippen molar-refractivity contribution in [3.05, 3.63) is 12.2 Å². The van der Waals surface area contributed by atoms with Gasteiger partial charge in [0.15, 0.2) is 0 Å². The van der Waals surface area contributed by atoms with Crippen molar-refractivity contribution in [2.24, 2.45) is 5.92 Å². The molecule has 0 aromatic carbocycles. The fourth-order valence-corrected chi connectivity index (χ4v) is 4.68. The second-order valence-electron chi connectivity index (χ2n) is 10.4. The topological polar surface area (TPSA) is 29.5 Å². The molecule has 0 rings (SSSR count). The van der Waals surface area contributed by atoms with Crippen molar-refractivity contribution >= 4 is 5.97 Å².